The zero-order chi connectivity index (χ0) is 24.3. The van der Waals surface area contributed by atoms with Crippen LogP contribution in [0.5, 0.6) is 0 Å². The number of benzene rings is 2. The summed E-state index contributed by atoms with van der Waals surface area (Å²) in [4.78, 5) is 8.75. The van der Waals surface area contributed by atoms with E-state index < -0.39 is 20.2 Å². The average molecular weight is 504 g/mol. The van der Waals surface area contributed by atoms with Crippen molar-refractivity contribution in [2.24, 2.45) is 5.14 Å². The minimum absolute atomic E-state index is 0.0145. The van der Waals surface area contributed by atoms with Crippen LogP contribution >= 0.6 is 0 Å². The van der Waals surface area contributed by atoms with Crippen LogP contribution in [0.4, 0.5) is 23.1 Å². The summed E-state index contributed by atoms with van der Waals surface area (Å²) in [5, 5.41) is 11.4. The summed E-state index contributed by atoms with van der Waals surface area (Å²) in [7, 11) is -7.26. The normalized spacial score (nSPS) is 14.1. The molecular weight excluding hydrogens is 478 g/mol. The molecule has 13 heteroatoms. The van der Waals surface area contributed by atoms with Crippen LogP contribution in [0, 0.1) is 6.92 Å². The molecule has 1 aliphatic rings. The Labute approximate surface area is 198 Å². The van der Waals surface area contributed by atoms with Crippen molar-refractivity contribution in [3.8, 4) is 0 Å². The van der Waals surface area contributed by atoms with E-state index in [-0.39, 0.29) is 17.5 Å². The summed E-state index contributed by atoms with van der Waals surface area (Å²) in [6.07, 6.45) is 3.42. The first-order chi connectivity index (χ1) is 16.1. The second-order valence-electron chi connectivity index (χ2n) is 7.96. The summed E-state index contributed by atoms with van der Waals surface area (Å²) >= 11 is 0. The largest absolute Gasteiger partial charge is 0.340 e. The van der Waals surface area contributed by atoms with Gasteiger partial charge in [-0.1, -0.05) is 12.1 Å². The fraction of sp³-hybridized carbons (Fsp3) is 0.238. The molecule has 1 aromatic heterocycles. The molecule has 0 unspecified atom stereocenters. The molecule has 0 amide bonds. The second-order valence-corrected chi connectivity index (χ2v) is 11.1. The Morgan fingerprint density at radius 3 is 2.18 bits per heavy atom. The van der Waals surface area contributed by atoms with Crippen LogP contribution in [0.3, 0.4) is 0 Å². The van der Waals surface area contributed by atoms with Gasteiger partial charge in [-0.2, -0.15) is 22.8 Å². The lowest BCUT2D eigenvalue weighted by Crippen LogP contribution is -2.37. The molecule has 0 spiro atoms. The Bertz CT molecular complexity index is 1370. The summed E-state index contributed by atoms with van der Waals surface area (Å²) in [5.41, 5.74) is 3.01. The average Bonchev–Trinajstić information content (AvgIpc) is 3.59. The third-order valence-corrected chi connectivity index (χ3v) is 7.09. The van der Waals surface area contributed by atoms with Crippen molar-refractivity contribution in [3.63, 3.8) is 0 Å². The predicted molar refractivity (Wildman–Crippen MR) is 130 cm³/mol. The highest BCUT2D eigenvalue weighted by Crippen LogP contribution is 2.22. The third-order valence-electron chi connectivity index (χ3n) is 4.99. The van der Waals surface area contributed by atoms with Crippen molar-refractivity contribution >= 4 is 43.4 Å². The van der Waals surface area contributed by atoms with Crippen molar-refractivity contribution < 1.29 is 16.8 Å². The number of nitrogens with one attached hydrogen (secondary N) is 4. The van der Waals surface area contributed by atoms with Crippen LogP contribution in [-0.2, 0) is 26.8 Å². The quantitative estimate of drug-likeness (QED) is 0.280. The molecule has 0 bridgehead atoms. The lowest BCUT2D eigenvalue weighted by Gasteiger charge is -2.12. The first kappa shape index (κ1) is 24.0. The molecule has 0 radical (unpaired) electrons. The number of aromatic nitrogens is 2. The molecule has 4 rings (SSSR count). The van der Waals surface area contributed by atoms with Crippen molar-refractivity contribution in [1.82, 2.24) is 19.4 Å². The topological polar surface area (TPSA) is 168 Å². The maximum atomic E-state index is 11.9. The molecule has 11 nitrogen and oxygen atoms in total. The van der Waals surface area contributed by atoms with Gasteiger partial charge in [-0.3, -0.25) is 0 Å². The smallest absolute Gasteiger partial charge is 0.277 e. The van der Waals surface area contributed by atoms with Gasteiger partial charge >= 0.3 is 0 Å². The van der Waals surface area contributed by atoms with E-state index >= 15 is 0 Å². The highest BCUT2D eigenvalue weighted by atomic mass is 32.2. The van der Waals surface area contributed by atoms with Crippen LogP contribution < -0.4 is 25.2 Å². The molecule has 0 aliphatic heterocycles. The van der Waals surface area contributed by atoms with Gasteiger partial charge in [0, 0.05) is 35.7 Å². The van der Waals surface area contributed by atoms with Gasteiger partial charge in [0.05, 0.1) is 4.90 Å². The number of rotatable bonds is 10. The Kier molecular flexibility index (Phi) is 6.81. The van der Waals surface area contributed by atoms with Gasteiger partial charge in [0.25, 0.3) is 10.2 Å². The SMILES string of the molecule is Cc1cnc(Nc2ccc(S(N)(=O)=O)cc2)nc1Nc1ccc(CNS(=O)(=O)NC2CC2)cc1. The van der Waals surface area contributed by atoms with Gasteiger partial charge in [0.15, 0.2) is 0 Å². The summed E-state index contributed by atoms with van der Waals surface area (Å²) in [6, 6.07) is 13.3. The van der Waals surface area contributed by atoms with E-state index in [0.29, 0.717) is 17.5 Å². The monoisotopic (exact) mass is 503 g/mol. The Balaban J connectivity index is 1.39. The number of primary sulfonamides is 1. The zero-order valence-electron chi connectivity index (χ0n) is 18.3. The van der Waals surface area contributed by atoms with Gasteiger partial charge in [-0.15, -0.1) is 0 Å². The summed E-state index contributed by atoms with van der Waals surface area (Å²) in [6.45, 7) is 2.05. The Morgan fingerprint density at radius 2 is 1.56 bits per heavy atom. The molecule has 1 fully saturated rings. The van der Waals surface area contributed by atoms with Crippen LogP contribution in [-0.4, -0.2) is 32.8 Å². The lowest BCUT2D eigenvalue weighted by atomic mass is 10.2. The summed E-state index contributed by atoms with van der Waals surface area (Å²) < 4.78 is 51.8. The Hall–Kier alpha value is -3.10. The minimum atomic E-state index is -3.76. The molecule has 6 N–H and O–H groups in total. The number of nitrogens with zero attached hydrogens (tertiary/aromatic N) is 2. The highest BCUT2D eigenvalue weighted by Gasteiger charge is 2.26. The van der Waals surface area contributed by atoms with E-state index in [4.69, 9.17) is 5.14 Å². The molecule has 1 saturated carbocycles. The van der Waals surface area contributed by atoms with Crippen molar-refractivity contribution in [2.45, 2.75) is 37.2 Å². The van der Waals surface area contributed by atoms with Crippen molar-refractivity contribution in [1.29, 1.82) is 0 Å². The zero-order valence-corrected chi connectivity index (χ0v) is 19.9. The number of hydrogen-bond acceptors (Lipinski definition) is 8. The first-order valence-electron chi connectivity index (χ1n) is 10.4. The standard InChI is InChI=1S/C21H25N7O4S2/c1-14-12-23-21(26-17-8-10-19(11-9-17)33(22,29)30)27-20(14)25-16-4-2-15(3-5-16)13-24-34(31,32)28-18-6-7-18/h2-5,8-12,18,24,28H,6-7,13H2,1H3,(H2,22,29,30)(H2,23,25,26,27). The molecule has 1 aliphatic carbocycles. The van der Waals surface area contributed by atoms with Gasteiger partial charge in [-0.05, 0) is 61.7 Å². The molecule has 2 aromatic carbocycles. The lowest BCUT2D eigenvalue weighted by molar-refractivity contribution is 0.565. The van der Waals surface area contributed by atoms with Crippen molar-refractivity contribution in [3.05, 3.63) is 65.9 Å². The molecule has 1 heterocycles. The van der Waals surface area contributed by atoms with E-state index in [9.17, 15) is 16.8 Å². The van der Waals surface area contributed by atoms with Crippen molar-refractivity contribution in [2.75, 3.05) is 10.6 Å². The number of nitrogens with two attached hydrogens (primary N) is 1. The van der Waals surface area contributed by atoms with Crippen LogP contribution in [0.25, 0.3) is 0 Å². The molecule has 3 aromatic rings. The van der Waals surface area contributed by atoms with E-state index in [1.807, 2.05) is 31.2 Å². The molecular formula is C21H25N7O4S2. The fourth-order valence-corrected chi connectivity index (χ4v) is 4.60. The molecule has 180 valence electrons. The first-order valence-corrected chi connectivity index (χ1v) is 13.5. The van der Waals surface area contributed by atoms with E-state index in [2.05, 4.69) is 30.0 Å². The number of anilines is 4. The summed E-state index contributed by atoms with van der Waals surface area (Å²) in [5.74, 6) is 0.909. The van der Waals surface area contributed by atoms with Crippen LogP contribution in [0.15, 0.2) is 59.6 Å². The maximum absolute atomic E-state index is 11.9. The number of aryl methyl sites for hydroxylation is 1. The highest BCUT2D eigenvalue weighted by molar-refractivity contribution is 7.89. The predicted octanol–water partition coefficient (Wildman–Crippen LogP) is 2.01. The van der Waals surface area contributed by atoms with Gasteiger partial charge < -0.3 is 10.6 Å². The van der Waals surface area contributed by atoms with E-state index in [1.54, 1.807) is 18.3 Å². The number of sulfonamides is 1. The van der Waals surface area contributed by atoms with E-state index in [0.717, 1.165) is 29.7 Å². The molecule has 0 atom stereocenters. The van der Waals surface area contributed by atoms with E-state index in [1.165, 1.54) is 12.1 Å². The maximum Gasteiger partial charge on any atom is 0.277 e. The third kappa shape index (κ3) is 6.71. The molecule has 0 saturated heterocycles. The fourth-order valence-electron chi connectivity index (χ4n) is 2.97. The van der Waals surface area contributed by atoms with Gasteiger partial charge in [0.1, 0.15) is 5.82 Å². The minimum Gasteiger partial charge on any atom is -0.340 e. The number of hydrogen-bond donors (Lipinski definition) is 5. The van der Waals surface area contributed by atoms with Gasteiger partial charge in [0.2, 0.25) is 16.0 Å². The second kappa shape index (κ2) is 9.64. The van der Waals surface area contributed by atoms with Crippen LogP contribution in [0.1, 0.15) is 24.0 Å². The van der Waals surface area contributed by atoms with Crippen LogP contribution in [0.2, 0.25) is 0 Å². The van der Waals surface area contributed by atoms with Gasteiger partial charge in [-0.25, -0.2) is 18.5 Å². The Morgan fingerprint density at radius 1 is 0.941 bits per heavy atom. The molecule has 34 heavy (non-hydrogen) atoms.